The molecule has 1 aliphatic heterocycles. The molecule has 2 aromatic heterocycles. The van der Waals surface area contributed by atoms with Crippen molar-refractivity contribution >= 4 is 45.6 Å². The lowest BCUT2D eigenvalue weighted by atomic mass is 10.1. The topological polar surface area (TPSA) is 43.2 Å². The molecule has 0 spiro atoms. The minimum absolute atomic E-state index is 0.0276. The first-order chi connectivity index (χ1) is 15.2. The van der Waals surface area contributed by atoms with Crippen LogP contribution in [0.2, 0.25) is 0 Å². The van der Waals surface area contributed by atoms with Gasteiger partial charge >= 0.3 is 0 Å². The molecule has 0 bridgehead atoms. The third-order valence-electron chi connectivity index (χ3n) is 6.00. The molecule has 0 aliphatic carbocycles. The molecule has 3 aromatic rings. The molecule has 1 atom stereocenters. The van der Waals surface area contributed by atoms with Crippen LogP contribution in [0, 0.1) is 3.57 Å². The second kappa shape index (κ2) is 10.7. The Kier molecular flexibility index (Phi) is 7.74. The SMILES string of the molecule is CCN(CC)CCc1ccc(/C=C/c2nn(C3CCCCO3)c3cc(I)ccc23)nc1. The number of benzene rings is 1. The lowest BCUT2D eigenvalue weighted by molar-refractivity contribution is -0.0367. The van der Waals surface area contributed by atoms with E-state index in [1.54, 1.807) is 0 Å². The van der Waals surface area contributed by atoms with Gasteiger partial charge in [-0.1, -0.05) is 19.9 Å². The number of likely N-dealkylation sites (N-methyl/N-ethyl adjacent to an activating group) is 1. The van der Waals surface area contributed by atoms with E-state index in [0.29, 0.717) is 0 Å². The van der Waals surface area contributed by atoms with Crippen molar-refractivity contribution < 1.29 is 4.74 Å². The van der Waals surface area contributed by atoms with E-state index >= 15 is 0 Å². The maximum absolute atomic E-state index is 6.02. The van der Waals surface area contributed by atoms with E-state index in [1.165, 1.54) is 15.6 Å². The lowest BCUT2D eigenvalue weighted by Gasteiger charge is -2.23. The molecular weight excluding hydrogens is 499 g/mol. The van der Waals surface area contributed by atoms with Crippen LogP contribution >= 0.6 is 22.6 Å². The summed E-state index contributed by atoms with van der Waals surface area (Å²) in [5.74, 6) is 0. The van der Waals surface area contributed by atoms with E-state index < -0.39 is 0 Å². The summed E-state index contributed by atoms with van der Waals surface area (Å²) in [5, 5.41) is 6.08. The van der Waals surface area contributed by atoms with Gasteiger partial charge in [-0.3, -0.25) is 4.98 Å². The lowest BCUT2D eigenvalue weighted by Crippen LogP contribution is -2.25. The standard InChI is InChI=1S/C25H31IN4O/c1-3-29(4-2)15-14-19-8-10-21(27-18-19)11-13-23-22-12-9-20(26)17-24(22)30(28-23)25-7-5-6-16-31-25/h8-13,17-18,25H,3-7,14-16H2,1-2H3/b13-11+. The fourth-order valence-corrected chi connectivity index (χ4v) is 4.54. The van der Waals surface area contributed by atoms with Crippen LogP contribution in [0.25, 0.3) is 23.1 Å². The number of nitrogens with zero attached hydrogens (tertiary/aromatic N) is 4. The summed E-state index contributed by atoms with van der Waals surface area (Å²) in [6, 6.07) is 10.8. The largest absolute Gasteiger partial charge is 0.356 e. The minimum atomic E-state index is 0.0276. The normalized spacial score (nSPS) is 17.2. The van der Waals surface area contributed by atoms with Gasteiger partial charge in [-0.25, -0.2) is 4.68 Å². The highest BCUT2D eigenvalue weighted by molar-refractivity contribution is 14.1. The van der Waals surface area contributed by atoms with Crippen LogP contribution in [0.3, 0.4) is 0 Å². The summed E-state index contributed by atoms with van der Waals surface area (Å²) in [6.45, 7) is 8.50. The maximum atomic E-state index is 6.02. The van der Waals surface area contributed by atoms with E-state index in [4.69, 9.17) is 9.84 Å². The molecule has 5 nitrogen and oxygen atoms in total. The van der Waals surface area contributed by atoms with Crippen LogP contribution in [-0.2, 0) is 11.2 Å². The average molecular weight is 530 g/mol. The number of rotatable bonds is 8. The number of hydrogen-bond acceptors (Lipinski definition) is 4. The predicted molar refractivity (Wildman–Crippen MR) is 136 cm³/mol. The average Bonchev–Trinajstić information content (AvgIpc) is 3.17. The van der Waals surface area contributed by atoms with Crippen molar-refractivity contribution in [2.45, 2.75) is 45.8 Å². The van der Waals surface area contributed by atoms with Crippen LogP contribution in [0.15, 0.2) is 36.5 Å². The minimum Gasteiger partial charge on any atom is -0.356 e. The number of ether oxygens (including phenoxy) is 1. The monoisotopic (exact) mass is 530 g/mol. The fraction of sp³-hybridized carbons (Fsp3) is 0.440. The molecule has 1 saturated heterocycles. The fourth-order valence-electron chi connectivity index (χ4n) is 4.07. The molecule has 0 saturated carbocycles. The first-order valence-corrected chi connectivity index (χ1v) is 12.4. The Hall–Kier alpha value is -1.77. The van der Waals surface area contributed by atoms with Gasteiger partial charge in [-0.2, -0.15) is 5.10 Å². The molecule has 164 valence electrons. The molecule has 1 fully saturated rings. The van der Waals surface area contributed by atoms with Crippen LogP contribution in [-0.4, -0.2) is 45.9 Å². The zero-order valence-electron chi connectivity index (χ0n) is 18.4. The highest BCUT2D eigenvalue weighted by atomic mass is 127. The maximum Gasteiger partial charge on any atom is 0.150 e. The van der Waals surface area contributed by atoms with E-state index in [0.717, 1.165) is 67.8 Å². The van der Waals surface area contributed by atoms with E-state index in [2.05, 4.69) is 93.5 Å². The van der Waals surface area contributed by atoms with Gasteiger partial charge in [-0.05, 0) is 103 Å². The van der Waals surface area contributed by atoms with Crippen molar-refractivity contribution in [3.05, 3.63) is 57.1 Å². The van der Waals surface area contributed by atoms with Gasteiger partial charge in [0.1, 0.15) is 0 Å². The first kappa shape index (κ1) is 22.4. The summed E-state index contributed by atoms with van der Waals surface area (Å²) >= 11 is 2.36. The van der Waals surface area contributed by atoms with Crippen molar-refractivity contribution in [3.63, 3.8) is 0 Å². The Bertz CT molecular complexity index is 1020. The highest BCUT2D eigenvalue weighted by Gasteiger charge is 2.20. The molecule has 0 radical (unpaired) electrons. The Labute approximate surface area is 198 Å². The Morgan fingerprint density at radius 3 is 2.74 bits per heavy atom. The third-order valence-corrected chi connectivity index (χ3v) is 6.67. The van der Waals surface area contributed by atoms with Crippen molar-refractivity contribution in [2.24, 2.45) is 0 Å². The quantitative estimate of drug-likeness (QED) is 0.346. The molecular formula is C25H31IN4O. The summed E-state index contributed by atoms with van der Waals surface area (Å²) in [6.07, 6.45) is 10.5. The Morgan fingerprint density at radius 2 is 2.03 bits per heavy atom. The van der Waals surface area contributed by atoms with Gasteiger partial charge in [0, 0.05) is 28.3 Å². The van der Waals surface area contributed by atoms with Crippen molar-refractivity contribution in [2.75, 3.05) is 26.2 Å². The van der Waals surface area contributed by atoms with Crippen LogP contribution in [0.1, 0.15) is 56.3 Å². The Morgan fingerprint density at radius 1 is 1.16 bits per heavy atom. The number of hydrogen-bond donors (Lipinski definition) is 0. The zero-order valence-corrected chi connectivity index (χ0v) is 20.6. The van der Waals surface area contributed by atoms with Gasteiger partial charge in [0.05, 0.1) is 16.9 Å². The van der Waals surface area contributed by atoms with Crippen molar-refractivity contribution in [3.8, 4) is 0 Å². The molecule has 0 amide bonds. The summed E-state index contributed by atoms with van der Waals surface area (Å²) in [5.41, 5.74) is 4.34. The number of fused-ring (bicyclic) bond motifs is 1. The molecule has 6 heteroatoms. The van der Waals surface area contributed by atoms with Crippen molar-refractivity contribution in [1.29, 1.82) is 0 Å². The number of pyridine rings is 1. The molecule has 3 heterocycles. The first-order valence-electron chi connectivity index (χ1n) is 11.3. The molecule has 1 aromatic carbocycles. The van der Waals surface area contributed by atoms with E-state index in [9.17, 15) is 0 Å². The molecule has 0 N–H and O–H groups in total. The molecule has 1 aliphatic rings. The van der Waals surface area contributed by atoms with Crippen molar-refractivity contribution in [1.82, 2.24) is 19.7 Å². The summed E-state index contributed by atoms with van der Waals surface area (Å²) in [4.78, 5) is 7.09. The van der Waals surface area contributed by atoms with E-state index in [-0.39, 0.29) is 6.23 Å². The van der Waals surface area contributed by atoms with Gasteiger partial charge in [0.25, 0.3) is 0 Å². The summed E-state index contributed by atoms with van der Waals surface area (Å²) < 4.78 is 9.29. The number of aromatic nitrogens is 3. The van der Waals surface area contributed by atoms with Crippen LogP contribution in [0.4, 0.5) is 0 Å². The second-order valence-electron chi connectivity index (χ2n) is 8.01. The number of halogens is 1. The highest BCUT2D eigenvalue weighted by Crippen LogP contribution is 2.29. The van der Waals surface area contributed by atoms with Gasteiger partial charge in [0.2, 0.25) is 0 Å². The van der Waals surface area contributed by atoms with Gasteiger partial charge in [-0.15, -0.1) is 0 Å². The van der Waals surface area contributed by atoms with E-state index in [1.807, 2.05) is 6.20 Å². The van der Waals surface area contributed by atoms with Gasteiger partial charge < -0.3 is 9.64 Å². The Balaban J connectivity index is 1.53. The van der Waals surface area contributed by atoms with Crippen LogP contribution < -0.4 is 0 Å². The second-order valence-corrected chi connectivity index (χ2v) is 9.26. The predicted octanol–water partition coefficient (Wildman–Crippen LogP) is 5.79. The van der Waals surface area contributed by atoms with Gasteiger partial charge in [0.15, 0.2) is 6.23 Å². The smallest absolute Gasteiger partial charge is 0.150 e. The molecule has 31 heavy (non-hydrogen) atoms. The molecule has 1 unspecified atom stereocenters. The summed E-state index contributed by atoms with van der Waals surface area (Å²) in [7, 11) is 0. The molecule has 4 rings (SSSR count). The third kappa shape index (κ3) is 5.54. The zero-order chi connectivity index (χ0) is 21.6. The van der Waals surface area contributed by atoms with Crippen LogP contribution in [0.5, 0.6) is 0 Å².